The van der Waals surface area contributed by atoms with Gasteiger partial charge in [0.05, 0.1) is 43.7 Å². The van der Waals surface area contributed by atoms with Crippen LogP contribution in [0.3, 0.4) is 0 Å². The maximum Gasteiger partial charge on any atom is 0.408 e. The number of aromatic nitrogens is 2. The van der Waals surface area contributed by atoms with E-state index in [1.165, 1.54) is 10.6 Å². The molecule has 1 amide bonds. The maximum absolute atomic E-state index is 14.2. The number of nitrogens with zero attached hydrogens (tertiary/aromatic N) is 4. The molecule has 11 heteroatoms. The summed E-state index contributed by atoms with van der Waals surface area (Å²) in [5.74, 6) is 0.129. The fourth-order valence-electron chi connectivity index (χ4n) is 7.40. The zero-order valence-corrected chi connectivity index (χ0v) is 20.6. The molecule has 0 N–H and O–H groups in total. The van der Waals surface area contributed by atoms with Gasteiger partial charge in [0.25, 0.3) is 5.56 Å². The normalized spacial score (nSPS) is 37.8. The van der Waals surface area contributed by atoms with Crippen molar-refractivity contribution >= 4 is 11.9 Å². The summed E-state index contributed by atoms with van der Waals surface area (Å²) in [6.45, 7) is 5.12. The van der Waals surface area contributed by atoms with Crippen LogP contribution in [-0.4, -0.2) is 77.1 Å². The number of ether oxygens (including phenoxy) is 2. The van der Waals surface area contributed by atoms with Gasteiger partial charge in [-0.1, -0.05) is 13.8 Å². The van der Waals surface area contributed by atoms with E-state index in [9.17, 15) is 22.8 Å². The van der Waals surface area contributed by atoms with E-state index >= 15 is 0 Å². The Balaban J connectivity index is 1.38. The Morgan fingerprint density at radius 1 is 1.11 bits per heavy atom. The van der Waals surface area contributed by atoms with Crippen molar-refractivity contribution in [3.8, 4) is 0 Å². The first-order valence-electron chi connectivity index (χ1n) is 13.1. The minimum Gasteiger partial charge on any atom is -0.378 e. The molecule has 0 spiro atoms. The minimum absolute atomic E-state index is 0.0433. The Labute approximate surface area is 207 Å². The number of carbonyl (C=O) groups is 1. The molecule has 6 rings (SSSR count). The molecule has 1 aromatic heterocycles. The molecule has 5 heterocycles. The summed E-state index contributed by atoms with van der Waals surface area (Å²) in [7, 11) is 0. The second-order valence-electron chi connectivity index (χ2n) is 11.3. The minimum atomic E-state index is -4.55. The van der Waals surface area contributed by atoms with Gasteiger partial charge in [-0.15, -0.1) is 0 Å². The Morgan fingerprint density at radius 2 is 1.83 bits per heavy atom. The molecule has 36 heavy (non-hydrogen) atoms. The summed E-state index contributed by atoms with van der Waals surface area (Å²) in [4.78, 5) is 34.1. The molecule has 1 saturated carbocycles. The van der Waals surface area contributed by atoms with Gasteiger partial charge in [-0.2, -0.15) is 13.2 Å². The third-order valence-corrected chi connectivity index (χ3v) is 9.34. The maximum atomic E-state index is 14.2. The summed E-state index contributed by atoms with van der Waals surface area (Å²) in [6, 6.07) is -0.595. The summed E-state index contributed by atoms with van der Waals surface area (Å²) < 4.78 is 55.4. The van der Waals surface area contributed by atoms with Gasteiger partial charge in [0, 0.05) is 18.5 Å². The van der Waals surface area contributed by atoms with E-state index in [2.05, 4.69) is 13.8 Å². The van der Waals surface area contributed by atoms with Crippen LogP contribution in [0.15, 0.2) is 10.9 Å². The van der Waals surface area contributed by atoms with Crippen molar-refractivity contribution in [1.29, 1.82) is 0 Å². The number of hydrogen-bond acceptors (Lipinski definition) is 6. The molecule has 0 aromatic carbocycles. The number of morpholine rings is 1. The van der Waals surface area contributed by atoms with Crippen LogP contribution in [-0.2, 0) is 20.8 Å². The number of anilines is 1. The molecule has 8 atom stereocenters. The number of halogens is 3. The van der Waals surface area contributed by atoms with E-state index in [0.717, 1.165) is 24.2 Å². The molecule has 8 nitrogen and oxygen atoms in total. The highest BCUT2D eigenvalue weighted by molar-refractivity contribution is 5.82. The number of carbonyl (C=O) groups excluding carboxylic acids is 1. The third kappa shape index (κ3) is 3.84. The summed E-state index contributed by atoms with van der Waals surface area (Å²) >= 11 is 0. The second-order valence-corrected chi connectivity index (χ2v) is 11.3. The quantitative estimate of drug-likeness (QED) is 0.622. The molecule has 4 fully saturated rings. The van der Waals surface area contributed by atoms with E-state index in [1.807, 2.05) is 0 Å². The van der Waals surface area contributed by atoms with Crippen LogP contribution in [0, 0.1) is 17.8 Å². The molecular formula is C25H33F3N4O4. The van der Waals surface area contributed by atoms with Crippen LogP contribution in [0.1, 0.15) is 51.1 Å². The number of rotatable bonds is 3. The third-order valence-electron chi connectivity index (χ3n) is 9.34. The Morgan fingerprint density at radius 3 is 2.53 bits per heavy atom. The summed E-state index contributed by atoms with van der Waals surface area (Å²) in [5.41, 5.74) is 0.149. The van der Waals surface area contributed by atoms with Crippen LogP contribution in [0.4, 0.5) is 19.1 Å². The van der Waals surface area contributed by atoms with Crippen molar-refractivity contribution in [3.63, 3.8) is 0 Å². The fourth-order valence-corrected chi connectivity index (χ4v) is 7.40. The average Bonchev–Trinajstić information content (AvgIpc) is 3.38. The molecule has 0 radical (unpaired) electrons. The van der Waals surface area contributed by atoms with Crippen LogP contribution < -0.4 is 10.5 Å². The van der Waals surface area contributed by atoms with E-state index in [0.29, 0.717) is 31.4 Å². The molecule has 1 aliphatic carbocycles. The van der Waals surface area contributed by atoms with Crippen molar-refractivity contribution in [1.82, 2.24) is 14.5 Å². The van der Waals surface area contributed by atoms with Crippen molar-refractivity contribution in [2.75, 3.05) is 31.3 Å². The molecular weight excluding hydrogens is 477 g/mol. The van der Waals surface area contributed by atoms with Gasteiger partial charge >= 0.3 is 6.18 Å². The van der Waals surface area contributed by atoms with Crippen LogP contribution in [0.5, 0.6) is 0 Å². The molecule has 4 bridgehead atoms. The first kappa shape index (κ1) is 24.2. The van der Waals surface area contributed by atoms with Crippen LogP contribution >= 0.6 is 0 Å². The van der Waals surface area contributed by atoms with Crippen LogP contribution in [0.25, 0.3) is 0 Å². The zero-order valence-electron chi connectivity index (χ0n) is 20.6. The monoisotopic (exact) mass is 510 g/mol. The van der Waals surface area contributed by atoms with Crippen molar-refractivity contribution in [2.24, 2.45) is 17.8 Å². The van der Waals surface area contributed by atoms with E-state index in [-0.39, 0.29) is 66.3 Å². The van der Waals surface area contributed by atoms with Gasteiger partial charge in [0.15, 0.2) is 0 Å². The van der Waals surface area contributed by atoms with Crippen LogP contribution in [0.2, 0.25) is 0 Å². The van der Waals surface area contributed by atoms with Gasteiger partial charge in [-0.25, -0.2) is 4.98 Å². The molecule has 4 aliphatic heterocycles. The van der Waals surface area contributed by atoms with E-state index in [4.69, 9.17) is 14.5 Å². The average molecular weight is 511 g/mol. The predicted molar refractivity (Wildman–Crippen MR) is 124 cm³/mol. The highest BCUT2D eigenvalue weighted by atomic mass is 19.4. The largest absolute Gasteiger partial charge is 0.408 e. The number of amides is 1. The molecule has 1 aromatic rings. The fraction of sp³-hybridized carbons (Fsp3) is 0.800. The lowest BCUT2D eigenvalue weighted by atomic mass is 9.67. The van der Waals surface area contributed by atoms with E-state index < -0.39 is 18.8 Å². The van der Waals surface area contributed by atoms with Gasteiger partial charge in [-0.3, -0.25) is 14.2 Å². The van der Waals surface area contributed by atoms with Gasteiger partial charge in [0.1, 0.15) is 12.6 Å². The van der Waals surface area contributed by atoms with Crippen molar-refractivity contribution in [3.05, 3.63) is 22.1 Å². The second kappa shape index (κ2) is 8.72. The standard InChI is InChI=1S/C25H33F3N4O4/c1-13-15-7-19(36-10-15)14(2)23(13)18-8-21(33)30-6-5-20(25(26,27)28)31(24(30)29-18)9-22(34)32-16-3-4-17(32)12-35-11-16/h8,13-17,19-20,23H,3-7,9-12H2,1-2H3. The van der Waals surface area contributed by atoms with Gasteiger partial charge in [0.2, 0.25) is 11.9 Å². The number of fused-ring (bicyclic) bond motifs is 5. The predicted octanol–water partition coefficient (Wildman–Crippen LogP) is 2.55. The first-order chi connectivity index (χ1) is 17.1. The Bertz CT molecular complexity index is 1060. The SMILES string of the molecule is CC1C2COC(C2)C(C)C1c1cc(=O)n2c(n1)N(CC(=O)N1C3CCC1COC3)C(C(F)(F)F)CC2. The number of alkyl halides is 3. The molecule has 198 valence electrons. The molecule has 3 saturated heterocycles. The zero-order chi connectivity index (χ0) is 25.4. The van der Waals surface area contributed by atoms with Gasteiger partial charge in [-0.05, 0) is 43.4 Å². The van der Waals surface area contributed by atoms with E-state index in [1.54, 1.807) is 4.90 Å². The highest BCUT2D eigenvalue weighted by Crippen LogP contribution is 2.49. The first-order valence-corrected chi connectivity index (χ1v) is 13.1. The highest BCUT2D eigenvalue weighted by Gasteiger charge is 2.50. The Kier molecular flexibility index (Phi) is 5.86. The Hall–Kier alpha value is -2.14. The topological polar surface area (TPSA) is 76.9 Å². The van der Waals surface area contributed by atoms with Crippen molar-refractivity contribution in [2.45, 2.75) is 82.4 Å². The van der Waals surface area contributed by atoms with Gasteiger partial charge < -0.3 is 19.3 Å². The summed E-state index contributed by atoms with van der Waals surface area (Å²) in [6.07, 6.45) is -2.24. The summed E-state index contributed by atoms with van der Waals surface area (Å²) in [5, 5.41) is 0. The molecule has 8 unspecified atom stereocenters. The smallest absolute Gasteiger partial charge is 0.378 e. The number of hydrogen-bond donors (Lipinski definition) is 0. The van der Waals surface area contributed by atoms with Crippen molar-refractivity contribution < 1.29 is 27.4 Å². The lowest BCUT2D eigenvalue weighted by molar-refractivity contribution is -0.155. The molecule has 5 aliphatic rings. The lowest BCUT2D eigenvalue weighted by Gasteiger charge is -2.42. The lowest BCUT2D eigenvalue weighted by Crippen LogP contribution is -2.58.